The molecule has 0 radical (unpaired) electrons. The monoisotopic (exact) mass is 484 g/mol. The Morgan fingerprint density at radius 3 is 2.57 bits per heavy atom. The molecule has 1 fully saturated rings. The summed E-state index contributed by atoms with van der Waals surface area (Å²) in [4.78, 5) is 22.4. The number of amides is 1. The molecule has 0 aliphatic carbocycles. The number of aromatic nitrogens is 2. The Morgan fingerprint density at radius 2 is 1.86 bits per heavy atom. The van der Waals surface area contributed by atoms with Crippen molar-refractivity contribution in [2.45, 2.75) is 25.7 Å². The molecule has 5 rings (SSSR count). The summed E-state index contributed by atoms with van der Waals surface area (Å²) in [6, 6.07) is 16.7. The van der Waals surface area contributed by atoms with E-state index in [0.29, 0.717) is 10.9 Å². The van der Waals surface area contributed by atoms with Gasteiger partial charge in [-0.05, 0) is 86.3 Å². The van der Waals surface area contributed by atoms with Gasteiger partial charge in [0.05, 0.1) is 10.7 Å². The van der Waals surface area contributed by atoms with Crippen LogP contribution >= 0.6 is 11.6 Å². The zero-order valence-corrected chi connectivity index (χ0v) is 20.8. The van der Waals surface area contributed by atoms with Gasteiger partial charge in [0.1, 0.15) is 5.65 Å². The van der Waals surface area contributed by atoms with Crippen LogP contribution in [-0.2, 0) is 4.79 Å². The number of nitrogens with zero attached hydrogens (tertiary/aromatic N) is 2. The van der Waals surface area contributed by atoms with Gasteiger partial charge in [-0.1, -0.05) is 54.6 Å². The number of H-pyrrole nitrogens is 1. The van der Waals surface area contributed by atoms with Crippen molar-refractivity contribution in [1.29, 1.82) is 0 Å². The highest BCUT2D eigenvalue weighted by Gasteiger charge is 2.21. The third-order valence-electron chi connectivity index (χ3n) is 7.00. The summed E-state index contributed by atoms with van der Waals surface area (Å²) in [5.41, 5.74) is 7.79. The molecule has 0 spiro atoms. The zero-order valence-electron chi connectivity index (χ0n) is 20.1. The van der Waals surface area contributed by atoms with Gasteiger partial charge in [-0.25, -0.2) is 4.98 Å². The van der Waals surface area contributed by atoms with Crippen molar-refractivity contribution in [3.63, 3.8) is 0 Å². The predicted octanol–water partition coefficient (Wildman–Crippen LogP) is 6.79. The van der Waals surface area contributed by atoms with Gasteiger partial charge in [0.2, 0.25) is 5.91 Å². The molecule has 0 bridgehead atoms. The number of piperidine rings is 1. The largest absolute Gasteiger partial charge is 0.339 e. The summed E-state index contributed by atoms with van der Waals surface area (Å²) in [6.07, 6.45) is 5.36. The average Bonchev–Trinajstić information content (AvgIpc) is 3.27. The van der Waals surface area contributed by atoms with Crippen LogP contribution in [0.1, 0.15) is 29.9 Å². The second kappa shape index (κ2) is 9.68. The van der Waals surface area contributed by atoms with Crippen molar-refractivity contribution in [3.05, 3.63) is 83.5 Å². The van der Waals surface area contributed by atoms with E-state index in [1.807, 2.05) is 25.1 Å². The number of rotatable bonds is 5. The average molecular weight is 485 g/mol. The number of anilines is 1. The summed E-state index contributed by atoms with van der Waals surface area (Å²) in [7, 11) is 2.19. The van der Waals surface area contributed by atoms with Crippen LogP contribution in [0.4, 0.5) is 5.69 Å². The fourth-order valence-corrected chi connectivity index (χ4v) is 5.18. The molecule has 0 unspecified atom stereocenters. The third kappa shape index (κ3) is 4.62. The Morgan fingerprint density at radius 1 is 1.14 bits per heavy atom. The molecular weight excluding hydrogens is 456 g/mol. The van der Waals surface area contributed by atoms with Crippen molar-refractivity contribution in [3.8, 4) is 22.4 Å². The number of carbonyl (C=O) groups excluding carboxylic acids is 1. The van der Waals surface area contributed by atoms with Gasteiger partial charge in [0, 0.05) is 22.8 Å². The van der Waals surface area contributed by atoms with Gasteiger partial charge >= 0.3 is 0 Å². The number of likely N-dealkylation sites (tertiary alicyclic amines) is 1. The Bertz CT molecular complexity index is 1400. The Balaban J connectivity index is 1.60. The Hall–Kier alpha value is -3.41. The lowest BCUT2D eigenvalue weighted by Crippen LogP contribution is -2.29. The van der Waals surface area contributed by atoms with Gasteiger partial charge in [-0.15, -0.1) is 0 Å². The lowest BCUT2D eigenvalue weighted by molar-refractivity contribution is -0.111. The van der Waals surface area contributed by atoms with Crippen molar-refractivity contribution in [2.75, 3.05) is 25.5 Å². The van der Waals surface area contributed by atoms with Crippen molar-refractivity contribution in [1.82, 2.24) is 14.9 Å². The number of fused-ring (bicyclic) bond motifs is 1. The maximum absolute atomic E-state index is 12.0. The van der Waals surface area contributed by atoms with E-state index in [1.165, 1.54) is 24.5 Å². The summed E-state index contributed by atoms with van der Waals surface area (Å²) in [5, 5.41) is 4.41. The third-order valence-corrected chi connectivity index (χ3v) is 7.32. The van der Waals surface area contributed by atoms with Gasteiger partial charge < -0.3 is 15.2 Å². The first kappa shape index (κ1) is 23.3. The number of carbonyl (C=O) groups is 1. The van der Waals surface area contributed by atoms with Crippen LogP contribution in [0.5, 0.6) is 0 Å². The molecule has 35 heavy (non-hydrogen) atoms. The SMILES string of the molecule is C=CC(=O)Nc1cc(-c2c(-c3ccc(C4CCN(C)CC4)cc3)[nH]c3nccc(Cl)c23)ccc1C. The van der Waals surface area contributed by atoms with Gasteiger partial charge in [0.25, 0.3) is 0 Å². The molecule has 2 aromatic heterocycles. The number of aromatic amines is 1. The van der Waals surface area contributed by atoms with Crippen LogP contribution in [0.15, 0.2) is 67.4 Å². The van der Waals surface area contributed by atoms with Crippen molar-refractivity contribution >= 4 is 34.2 Å². The predicted molar refractivity (Wildman–Crippen MR) is 145 cm³/mol. The normalized spacial score (nSPS) is 14.8. The van der Waals surface area contributed by atoms with E-state index in [1.54, 1.807) is 6.20 Å². The number of hydrogen-bond acceptors (Lipinski definition) is 3. The van der Waals surface area contributed by atoms with Crippen LogP contribution in [0.25, 0.3) is 33.4 Å². The van der Waals surface area contributed by atoms with Gasteiger partial charge in [-0.2, -0.15) is 0 Å². The molecule has 1 aliphatic rings. The first-order chi connectivity index (χ1) is 16.9. The highest BCUT2D eigenvalue weighted by molar-refractivity contribution is 6.36. The van der Waals surface area contributed by atoms with E-state index in [0.717, 1.165) is 57.8 Å². The molecule has 6 heteroatoms. The number of pyridine rings is 1. The molecular formula is C29H29ClN4O. The number of benzene rings is 2. The number of aryl methyl sites for hydroxylation is 1. The number of nitrogens with one attached hydrogen (secondary N) is 2. The molecule has 5 nitrogen and oxygen atoms in total. The smallest absolute Gasteiger partial charge is 0.247 e. The van der Waals surface area contributed by atoms with Crippen LogP contribution in [0.2, 0.25) is 5.02 Å². The molecule has 0 saturated carbocycles. The molecule has 4 aromatic rings. The van der Waals surface area contributed by atoms with Crippen molar-refractivity contribution in [2.24, 2.45) is 0 Å². The topological polar surface area (TPSA) is 61.0 Å². The van der Waals surface area contributed by atoms with Crippen LogP contribution in [0, 0.1) is 6.92 Å². The lowest BCUT2D eigenvalue weighted by Gasteiger charge is -2.29. The lowest BCUT2D eigenvalue weighted by atomic mass is 9.88. The van der Waals surface area contributed by atoms with Gasteiger partial charge in [-0.3, -0.25) is 4.79 Å². The number of hydrogen-bond donors (Lipinski definition) is 2. The fraction of sp³-hybridized carbons (Fsp3) is 0.241. The van der Waals surface area contributed by atoms with E-state index in [-0.39, 0.29) is 5.91 Å². The maximum atomic E-state index is 12.0. The fourth-order valence-electron chi connectivity index (χ4n) is 4.94. The van der Waals surface area contributed by atoms with E-state index < -0.39 is 0 Å². The second-order valence-electron chi connectivity index (χ2n) is 9.31. The molecule has 1 amide bonds. The van der Waals surface area contributed by atoms with E-state index >= 15 is 0 Å². The summed E-state index contributed by atoms with van der Waals surface area (Å²) in [6.45, 7) is 7.81. The van der Waals surface area contributed by atoms with E-state index in [9.17, 15) is 4.79 Å². The molecule has 2 aromatic carbocycles. The minimum atomic E-state index is -0.242. The first-order valence-electron chi connectivity index (χ1n) is 11.9. The first-order valence-corrected chi connectivity index (χ1v) is 12.3. The van der Waals surface area contributed by atoms with Crippen LogP contribution in [0.3, 0.4) is 0 Å². The minimum Gasteiger partial charge on any atom is -0.339 e. The Kier molecular flexibility index (Phi) is 6.46. The second-order valence-corrected chi connectivity index (χ2v) is 9.72. The minimum absolute atomic E-state index is 0.242. The summed E-state index contributed by atoms with van der Waals surface area (Å²) in [5.74, 6) is 0.361. The molecule has 178 valence electrons. The van der Waals surface area contributed by atoms with E-state index in [2.05, 4.69) is 64.1 Å². The van der Waals surface area contributed by atoms with E-state index in [4.69, 9.17) is 11.6 Å². The molecule has 3 heterocycles. The quantitative estimate of drug-likeness (QED) is 0.306. The standard InChI is InChI=1S/C29H29ClN4O/c1-4-25(35)32-24-17-22(6-5-18(24)2)26-27-23(30)11-14-31-29(27)33-28(26)21-9-7-19(8-10-21)20-12-15-34(3)16-13-20/h4-11,14,17,20H,1,12-13,15-16H2,2-3H3,(H,31,33)(H,32,35). The highest BCUT2D eigenvalue weighted by Crippen LogP contribution is 2.42. The van der Waals surface area contributed by atoms with Crippen LogP contribution in [-0.4, -0.2) is 40.9 Å². The molecule has 1 saturated heterocycles. The molecule has 1 aliphatic heterocycles. The zero-order chi connectivity index (χ0) is 24.5. The Labute approximate surface area is 210 Å². The molecule has 0 atom stereocenters. The highest BCUT2D eigenvalue weighted by atomic mass is 35.5. The molecule has 2 N–H and O–H groups in total. The van der Waals surface area contributed by atoms with Crippen LogP contribution < -0.4 is 5.32 Å². The van der Waals surface area contributed by atoms with Crippen molar-refractivity contribution < 1.29 is 4.79 Å². The summed E-state index contributed by atoms with van der Waals surface area (Å²) >= 11 is 6.68. The maximum Gasteiger partial charge on any atom is 0.247 e. The summed E-state index contributed by atoms with van der Waals surface area (Å²) < 4.78 is 0. The van der Waals surface area contributed by atoms with Gasteiger partial charge in [0.15, 0.2) is 0 Å². The number of halogens is 1.